The molecule has 0 aliphatic heterocycles. The fourth-order valence-corrected chi connectivity index (χ4v) is 4.30. The predicted molar refractivity (Wildman–Crippen MR) is 101 cm³/mol. The average Bonchev–Trinajstić information content (AvgIpc) is 2.64. The largest absolute Gasteiger partial charge is 0.514 e. The molecule has 0 N–H and O–H groups in total. The maximum Gasteiger partial charge on any atom is 0.444 e. The predicted octanol–water partition coefficient (Wildman–Crippen LogP) is 5.00. The Morgan fingerprint density at radius 3 is 1.54 bits per heavy atom. The van der Waals surface area contributed by atoms with Crippen molar-refractivity contribution in [2.24, 2.45) is 0 Å². The highest BCUT2D eigenvalue weighted by Crippen LogP contribution is 2.17. The van der Waals surface area contributed by atoms with Crippen molar-refractivity contribution in [2.75, 3.05) is 0 Å². The van der Waals surface area contributed by atoms with Gasteiger partial charge in [0.05, 0.1) is 0 Å². The standard InChI is InChI=1S/C21H22O2Si/c1-4-11-19(12-5-1)13-10-18-24(22-20-14-6-2-7-15-20)23-21-16-8-3-9-17-21/h1-9,11-12,14-17,24H,10,13,18H2. The van der Waals surface area contributed by atoms with Gasteiger partial charge < -0.3 is 8.85 Å². The van der Waals surface area contributed by atoms with Gasteiger partial charge in [0.15, 0.2) is 0 Å². The van der Waals surface area contributed by atoms with E-state index >= 15 is 0 Å². The number of para-hydroxylation sites is 2. The SMILES string of the molecule is c1ccc(CCC[SiH](Oc2ccccc2)Oc2ccccc2)cc1. The van der Waals surface area contributed by atoms with Gasteiger partial charge in [-0.25, -0.2) is 0 Å². The normalized spacial score (nSPS) is 10.5. The Morgan fingerprint density at radius 1 is 0.583 bits per heavy atom. The molecule has 3 rings (SSSR count). The van der Waals surface area contributed by atoms with E-state index in [2.05, 4.69) is 30.3 Å². The van der Waals surface area contributed by atoms with Gasteiger partial charge in [0, 0.05) is 6.04 Å². The minimum absolute atomic E-state index is 0.893. The molecule has 0 heterocycles. The number of rotatable bonds is 8. The summed E-state index contributed by atoms with van der Waals surface area (Å²) in [4.78, 5) is 0. The van der Waals surface area contributed by atoms with Crippen molar-refractivity contribution in [1.29, 1.82) is 0 Å². The van der Waals surface area contributed by atoms with Crippen LogP contribution in [0.5, 0.6) is 11.5 Å². The molecule has 3 heteroatoms. The van der Waals surface area contributed by atoms with Crippen LogP contribution in [0.3, 0.4) is 0 Å². The molecule has 2 nitrogen and oxygen atoms in total. The first-order valence-electron chi connectivity index (χ1n) is 8.37. The Labute approximate surface area is 145 Å². The summed E-state index contributed by atoms with van der Waals surface area (Å²) in [7, 11) is -1.83. The second kappa shape index (κ2) is 8.94. The van der Waals surface area contributed by atoms with Gasteiger partial charge in [-0.3, -0.25) is 0 Å². The zero-order valence-electron chi connectivity index (χ0n) is 13.7. The molecular weight excluding hydrogens is 312 g/mol. The number of hydrogen-bond acceptors (Lipinski definition) is 2. The van der Waals surface area contributed by atoms with E-state index in [0.717, 1.165) is 30.4 Å². The van der Waals surface area contributed by atoms with Crippen LogP contribution in [-0.2, 0) is 6.42 Å². The minimum atomic E-state index is -1.83. The molecule has 24 heavy (non-hydrogen) atoms. The summed E-state index contributed by atoms with van der Waals surface area (Å²) < 4.78 is 12.3. The fraction of sp³-hybridized carbons (Fsp3) is 0.143. The van der Waals surface area contributed by atoms with Crippen LogP contribution in [0.15, 0.2) is 91.0 Å². The summed E-state index contributed by atoms with van der Waals surface area (Å²) in [6.07, 6.45) is 2.13. The third-order valence-electron chi connectivity index (χ3n) is 3.77. The van der Waals surface area contributed by atoms with Crippen LogP contribution >= 0.6 is 0 Å². The van der Waals surface area contributed by atoms with Gasteiger partial charge >= 0.3 is 9.28 Å². The Morgan fingerprint density at radius 2 is 1.04 bits per heavy atom. The van der Waals surface area contributed by atoms with Crippen molar-refractivity contribution in [2.45, 2.75) is 18.9 Å². The first-order valence-corrected chi connectivity index (χ1v) is 10.1. The van der Waals surface area contributed by atoms with Crippen LogP contribution < -0.4 is 8.85 Å². The first-order chi connectivity index (χ1) is 11.9. The molecule has 3 aromatic carbocycles. The van der Waals surface area contributed by atoms with Gasteiger partial charge in [0.2, 0.25) is 0 Å². The van der Waals surface area contributed by atoms with E-state index in [0.29, 0.717) is 0 Å². The summed E-state index contributed by atoms with van der Waals surface area (Å²) in [5.41, 5.74) is 1.37. The smallest absolute Gasteiger partial charge is 0.444 e. The Kier molecular flexibility index (Phi) is 6.09. The molecule has 122 valence electrons. The number of hydrogen-bond donors (Lipinski definition) is 0. The molecule has 0 radical (unpaired) electrons. The monoisotopic (exact) mass is 334 g/mol. The summed E-state index contributed by atoms with van der Waals surface area (Å²) in [5.74, 6) is 1.79. The number of aryl methyl sites for hydroxylation is 1. The van der Waals surface area contributed by atoms with Crippen molar-refractivity contribution in [1.82, 2.24) is 0 Å². The minimum Gasteiger partial charge on any atom is -0.514 e. The van der Waals surface area contributed by atoms with Crippen molar-refractivity contribution in [3.8, 4) is 11.5 Å². The van der Waals surface area contributed by atoms with Gasteiger partial charge in [-0.2, -0.15) is 0 Å². The molecule has 0 fully saturated rings. The molecule has 0 aliphatic carbocycles. The van der Waals surface area contributed by atoms with Gasteiger partial charge in [-0.1, -0.05) is 66.7 Å². The highest BCUT2D eigenvalue weighted by molar-refractivity contribution is 6.46. The maximum atomic E-state index is 6.17. The topological polar surface area (TPSA) is 18.5 Å². The molecule has 0 unspecified atom stereocenters. The summed E-state index contributed by atoms with van der Waals surface area (Å²) in [6, 6.07) is 31.5. The molecule has 0 amide bonds. The van der Waals surface area contributed by atoms with Crippen LogP contribution in [0.2, 0.25) is 6.04 Å². The van der Waals surface area contributed by atoms with E-state index in [9.17, 15) is 0 Å². The molecule has 0 aromatic heterocycles. The van der Waals surface area contributed by atoms with Crippen LogP contribution in [0.4, 0.5) is 0 Å². The zero-order chi connectivity index (χ0) is 16.5. The maximum absolute atomic E-state index is 6.17. The number of benzene rings is 3. The van der Waals surface area contributed by atoms with Crippen molar-refractivity contribution in [3.05, 3.63) is 96.6 Å². The summed E-state index contributed by atoms with van der Waals surface area (Å²) in [5, 5.41) is 0. The third kappa shape index (κ3) is 5.28. The molecular formula is C21H22O2Si. The van der Waals surface area contributed by atoms with E-state index < -0.39 is 9.28 Å². The molecule has 0 aliphatic rings. The summed E-state index contributed by atoms with van der Waals surface area (Å²) in [6.45, 7) is 0. The fourth-order valence-electron chi connectivity index (χ4n) is 2.56. The van der Waals surface area contributed by atoms with Crippen LogP contribution in [0.25, 0.3) is 0 Å². The lowest BCUT2D eigenvalue weighted by Gasteiger charge is -2.19. The second-order valence-electron chi connectivity index (χ2n) is 5.67. The summed E-state index contributed by atoms with van der Waals surface area (Å²) >= 11 is 0. The lowest BCUT2D eigenvalue weighted by atomic mass is 10.1. The van der Waals surface area contributed by atoms with Crippen molar-refractivity contribution in [3.63, 3.8) is 0 Å². The van der Waals surface area contributed by atoms with Crippen LogP contribution in [-0.4, -0.2) is 9.28 Å². The van der Waals surface area contributed by atoms with Crippen LogP contribution in [0.1, 0.15) is 12.0 Å². The molecule has 0 bridgehead atoms. The van der Waals surface area contributed by atoms with Gasteiger partial charge in [-0.05, 0) is 42.7 Å². The molecule has 3 aromatic rings. The average molecular weight is 334 g/mol. The van der Waals surface area contributed by atoms with Crippen molar-refractivity contribution >= 4 is 9.28 Å². The molecule has 0 saturated heterocycles. The van der Waals surface area contributed by atoms with Gasteiger partial charge in [0.25, 0.3) is 0 Å². The molecule has 0 atom stereocenters. The third-order valence-corrected chi connectivity index (χ3v) is 5.72. The Balaban J connectivity index is 1.60. The van der Waals surface area contributed by atoms with Gasteiger partial charge in [-0.15, -0.1) is 0 Å². The molecule has 0 spiro atoms. The van der Waals surface area contributed by atoms with Crippen molar-refractivity contribution < 1.29 is 8.85 Å². The van der Waals surface area contributed by atoms with Crippen LogP contribution in [0, 0.1) is 0 Å². The zero-order valence-corrected chi connectivity index (χ0v) is 14.8. The lowest BCUT2D eigenvalue weighted by Crippen LogP contribution is -2.29. The van der Waals surface area contributed by atoms with E-state index in [4.69, 9.17) is 8.85 Å². The molecule has 0 saturated carbocycles. The quantitative estimate of drug-likeness (QED) is 0.540. The van der Waals surface area contributed by atoms with E-state index in [1.807, 2.05) is 60.7 Å². The Bertz CT molecular complexity index is 660. The highest BCUT2D eigenvalue weighted by atomic mass is 28.3. The first kappa shape index (κ1) is 16.3. The van der Waals surface area contributed by atoms with E-state index in [1.165, 1.54) is 5.56 Å². The lowest BCUT2D eigenvalue weighted by molar-refractivity contribution is 0.418. The Hall–Kier alpha value is -2.52. The second-order valence-corrected chi connectivity index (χ2v) is 7.58. The highest BCUT2D eigenvalue weighted by Gasteiger charge is 2.17. The van der Waals surface area contributed by atoms with E-state index in [1.54, 1.807) is 0 Å². The van der Waals surface area contributed by atoms with Gasteiger partial charge in [0.1, 0.15) is 11.5 Å². The van der Waals surface area contributed by atoms with E-state index in [-0.39, 0.29) is 0 Å².